The van der Waals surface area contributed by atoms with Crippen LogP contribution in [-0.2, 0) is 22.0 Å². The summed E-state index contributed by atoms with van der Waals surface area (Å²) >= 11 is 1.39. The van der Waals surface area contributed by atoms with Gasteiger partial charge in [0, 0.05) is 11.2 Å². The Morgan fingerprint density at radius 2 is 1.52 bits per heavy atom. The van der Waals surface area contributed by atoms with E-state index in [0.717, 1.165) is 21.2 Å². The van der Waals surface area contributed by atoms with Gasteiger partial charge in [-0.3, -0.25) is 4.79 Å². The molecule has 4 aromatic rings. The number of rotatable bonds is 7. The van der Waals surface area contributed by atoms with E-state index in [4.69, 9.17) is 0 Å². The molecule has 0 saturated heterocycles. The lowest BCUT2D eigenvalue weighted by Crippen LogP contribution is -2.35. The third kappa shape index (κ3) is 5.24. The molecule has 6 heteroatoms. The minimum Gasteiger partial charge on any atom is -0.292 e. The van der Waals surface area contributed by atoms with Crippen molar-refractivity contribution >= 4 is 37.2 Å². The number of carbonyl (C=O) groups is 1. The van der Waals surface area contributed by atoms with Gasteiger partial charge in [0.05, 0.1) is 16.3 Å². The Morgan fingerprint density at radius 1 is 0.879 bits per heavy atom. The topological polar surface area (TPSA) is 54.5 Å². The highest BCUT2D eigenvalue weighted by Gasteiger charge is 2.28. The predicted octanol–water partition coefficient (Wildman–Crippen LogP) is 6.27. The van der Waals surface area contributed by atoms with Gasteiger partial charge in [0.1, 0.15) is 0 Å². The third-order valence-corrected chi connectivity index (χ3v) is 8.54. The molecule has 0 N–H and O–H groups in total. The van der Waals surface area contributed by atoms with Gasteiger partial charge in [0.2, 0.25) is 10.0 Å². The van der Waals surface area contributed by atoms with Gasteiger partial charge in [-0.2, -0.15) is 4.31 Å². The summed E-state index contributed by atoms with van der Waals surface area (Å²) < 4.78 is 29.5. The number of hydrogen-bond donors (Lipinski definition) is 0. The Hall–Kier alpha value is -2.80. The summed E-state index contributed by atoms with van der Waals surface area (Å²) in [5.74, 6) is -0.206. The van der Waals surface area contributed by atoms with Gasteiger partial charge < -0.3 is 0 Å². The van der Waals surface area contributed by atoms with E-state index in [1.807, 2.05) is 72.8 Å². The largest absolute Gasteiger partial charge is 0.292 e. The molecule has 170 valence electrons. The van der Waals surface area contributed by atoms with Crippen LogP contribution in [0.3, 0.4) is 0 Å². The average Bonchev–Trinajstić information content (AvgIpc) is 3.23. The van der Waals surface area contributed by atoms with E-state index in [0.29, 0.717) is 4.88 Å². The first kappa shape index (κ1) is 23.4. The fourth-order valence-electron chi connectivity index (χ4n) is 3.65. The van der Waals surface area contributed by atoms with E-state index in [9.17, 15) is 13.2 Å². The first-order valence-corrected chi connectivity index (χ1v) is 13.1. The van der Waals surface area contributed by atoms with Crippen molar-refractivity contribution in [2.24, 2.45) is 0 Å². The molecule has 0 atom stereocenters. The maximum Gasteiger partial charge on any atom is 0.243 e. The third-order valence-electron chi connectivity index (χ3n) is 5.58. The van der Waals surface area contributed by atoms with Crippen LogP contribution in [0.4, 0.5) is 0 Å². The lowest BCUT2D eigenvalue weighted by molar-refractivity contribution is 0.0968. The molecule has 0 saturated carbocycles. The smallest absolute Gasteiger partial charge is 0.243 e. The zero-order valence-electron chi connectivity index (χ0n) is 19.0. The molecule has 0 bridgehead atoms. The van der Waals surface area contributed by atoms with Crippen molar-refractivity contribution in [3.8, 4) is 0 Å². The molecule has 0 aliphatic rings. The van der Waals surface area contributed by atoms with Crippen molar-refractivity contribution in [2.75, 3.05) is 6.54 Å². The van der Waals surface area contributed by atoms with E-state index in [1.165, 1.54) is 15.6 Å². The van der Waals surface area contributed by atoms with E-state index in [1.54, 1.807) is 12.1 Å². The number of sulfonamides is 1. The predicted molar refractivity (Wildman–Crippen MR) is 135 cm³/mol. The van der Waals surface area contributed by atoms with Crippen molar-refractivity contribution in [1.29, 1.82) is 0 Å². The van der Waals surface area contributed by atoms with Gasteiger partial charge in [-0.25, -0.2) is 8.42 Å². The van der Waals surface area contributed by atoms with Crippen molar-refractivity contribution in [1.82, 2.24) is 4.31 Å². The Balaban J connectivity index is 1.67. The molecule has 0 aliphatic heterocycles. The highest BCUT2D eigenvalue weighted by atomic mass is 32.2. The monoisotopic (exact) mass is 477 g/mol. The molecule has 0 spiro atoms. The molecule has 1 aromatic heterocycles. The van der Waals surface area contributed by atoms with E-state index in [-0.39, 0.29) is 29.2 Å². The highest BCUT2D eigenvalue weighted by Crippen LogP contribution is 2.28. The van der Waals surface area contributed by atoms with Crippen LogP contribution in [0, 0.1) is 0 Å². The molecule has 0 unspecified atom stereocenters. The first-order chi connectivity index (χ1) is 15.6. The van der Waals surface area contributed by atoms with Crippen LogP contribution < -0.4 is 0 Å². The Kier molecular flexibility index (Phi) is 6.52. The zero-order valence-corrected chi connectivity index (χ0v) is 20.6. The highest BCUT2D eigenvalue weighted by molar-refractivity contribution is 7.89. The van der Waals surface area contributed by atoms with Crippen molar-refractivity contribution in [3.63, 3.8) is 0 Å². The quantitative estimate of drug-likeness (QED) is 0.295. The molecule has 33 heavy (non-hydrogen) atoms. The van der Waals surface area contributed by atoms with Gasteiger partial charge in [-0.15, -0.1) is 11.3 Å². The van der Waals surface area contributed by atoms with Crippen molar-refractivity contribution in [3.05, 3.63) is 101 Å². The second kappa shape index (κ2) is 9.21. The van der Waals surface area contributed by atoms with Crippen LogP contribution in [-0.4, -0.2) is 25.1 Å². The summed E-state index contributed by atoms with van der Waals surface area (Å²) in [6.45, 7) is 6.16. The lowest BCUT2D eigenvalue weighted by Gasteiger charge is -2.23. The standard InChI is InChI=1S/C27H27NO3S2/c1-27(2,3)22-13-15-23(16-14-22)33(30,31)28(18-20-9-5-4-6-10-20)19-24(29)26-17-21-11-7-8-12-25(21)32-26/h4-17H,18-19H2,1-3H3. The molecule has 0 fully saturated rings. The van der Waals surface area contributed by atoms with Crippen LogP contribution in [0.1, 0.15) is 41.6 Å². The summed E-state index contributed by atoms with van der Waals surface area (Å²) in [7, 11) is -3.88. The number of benzene rings is 3. The summed E-state index contributed by atoms with van der Waals surface area (Å²) in [5, 5.41) is 0.987. The summed E-state index contributed by atoms with van der Waals surface area (Å²) in [6, 6.07) is 26.0. The normalized spacial score (nSPS) is 12.4. The molecule has 0 radical (unpaired) electrons. The number of fused-ring (bicyclic) bond motifs is 1. The Labute approximate surface area is 199 Å². The first-order valence-electron chi connectivity index (χ1n) is 10.8. The SMILES string of the molecule is CC(C)(C)c1ccc(S(=O)(=O)N(CC(=O)c2cc3ccccc3s2)Cc2ccccc2)cc1. The molecular formula is C27H27NO3S2. The lowest BCUT2D eigenvalue weighted by atomic mass is 9.87. The second-order valence-electron chi connectivity index (χ2n) is 9.10. The minimum absolute atomic E-state index is 0.0802. The fourth-order valence-corrected chi connectivity index (χ4v) is 6.02. The molecule has 3 aromatic carbocycles. The van der Waals surface area contributed by atoms with Crippen LogP contribution in [0.15, 0.2) is 89.8 Å². The van der Waals surface area contributed by atoms with Crippen LogP contribution in [0.5, 0.6) is 0 Å². The number of carbonyl (C=O) groups excluding carboxylic acids is 1. The van der Waals surface area contributed by atoms with E-state index >= 15 is 0 Å². The Bertz CT molecular complexity index is 1330. The van der Waals surface area contributed by atoms with E-state index < -0.39 is 10.0 Å². The second-order valence-corrected chi connectivity index (χ2v) is 12.1. The van der Waals surface area contributed by atoms with Crippen LogP contribution in [0.2, 0.25) is 0 Å². The van der Waals surface area contributed by atoms with Gasteiger partial charge in [-0.1, -0.05) is 81.4 Å². The Morgan fingerprint density at radius 3 is 2.15 bits per heavy atom. The number of hydrogen-bond acceptors (Lipinski definition) is 4. The zero-order chi connectivity index (χ0) is 23.6. The molecular weight excluding hydrogens is 450 g/mol. The van der Waals surface area contributed by atoms with Crippen LogP contribution in [0.25, 0.3) is 10.1 Å². The summed E-state index contributed by atoms with van der Waals surface area (Å²) in [6.07, 6.45) is 0. The van der Waals surface area contributed by atoms with Crippen LogP contribution >= 0.6 is 11.3 Å². The number of ketones is 1. The van der Waals surface area contributed by atoms with Gasteiger partial charge >= 0.3 is 0 Å². The molecule has 1 heterocycles. The van der Waals surface area contributed by atoms with Gasteiger partial charge in [0.25, 0.3) is 0 Å². The summed E-state index contributed by atoms with van der Waals surface area (Å²) in [5.41, 5.74) is 1.80. The molecule has 0 aliphatic carbocycles. The number of Topliss-reactive ketones (excluding diaryl/α,β-unsaturated/α-hetero) is 1. The maximum atomic E-state index is 13.6. The molecule has 4 rings (SSSR count). The minimum atomic E-state index is -3.88. The maximum absolute atomic E-state index is 13.6. The molecule has 4 nitrogen and oxygen atoms in total. The summed E-state index contributed by atoms with van der Waals surface area (Å²) in [4.78, 5) is 13.9. The van der Waals surface area contributed by atoms with E-state index in [2.05, 4.69) is 20.8 Å². The molecule has 0 amide bonds. The average molecular weight is 478 g/mol. The number of thiophene rings is 1. The van der Waals surface area contributed by atoms with Crippen molar-refractivity contribution in [2.45, 2.75) is 37.6 Å². The fraction of sp³-hybridized carbons (Fsp3) is 0.222. The van der Waals surface area contributed by atoms with Gasteiger partial charge in [-0.05, 0) is 46.2 Å². The number of nitrogens with zero attached hydrogens (tertiary/aromatic N) is 1. The van der Waals surface area contributed by atoms with Crippen molar-refractivity contribution < 1.29 is 13.2 Å². The van der Waals surface area contributed by atoms with Gasteiger partial charge in [0.15, 0.2) is 5.78 Å².